The van der Waals surface area contributed by atoms with Crippen LogP contribution < -0.4 is 4.74 Å². The van der Waals surface area contributed by atoms with Crippen LogP contribution in [0.15, 0.2) is 42.5 Å². The highest BCUT2D eigenvalue weighted by molar-refractivity contribution is 6.05. The summed E-state index contributed by atoms with van der Waals surface area (Å²) in [6.45, 7) is 6.36. The first-order chi connectivity index (χ1) is 11.5. The van der Waals surface area contributed by atoms with E-state index >= 15 is 0 Å². The van der Waals surface area contributed by atoms with Gasteiger partial charge < -0.3 is 9.84 Å². The van der Waals surface area contributed by atoms with Gasteiger partial charge in [0.25, 0.3) is 0 Å². The number of aromatic carboxylic acids is 1. The van der Waals surface area contributed by atoms with Crippen molar-refractivity contribution in [1.29, 1.82) is 0 Å². The molecule has 2 aromatic carbocycles. The highest BCUT2D eigenvalue weighted by Crippen LogP contribution is 2.30. The summed E-state index contributed by atoms with van der Waals surface area (Å²) in [6, 6.07) is 13.1. The molecule has 3 aromatic rings. The lowest BCUT2D eigenvalue weighted by Crippen LogP contribution is -2.02. The first-order valence-electron chi connectivity index (χ1n) is 7.88. The molecule has 1 heterocycles. The van der Waals surface area contributed by atoms with Gasteiger partial charge in [-0.25, -0.2) is 9.78 Å². The Morgan fingerprint density at radius 1 is 1.12 bits per heavy atom. The first kappa shape index (κ1) is 16.0. The van der Waals surface area contributed by atoms with Gasteiger partial charge in [-0.3, -0.25) is 0 Å². The number of ether oxygens (including phenoxy) is 1. The predicted octanol–water partition coefficient (Wildman–Crippen LogP) is 4.62. The summed E-state index contributed by atoms with van der Waals surface area (Å²) in [4.78, 5) is 16.5. The van der Waals surface area contributed by atoms with Crippen LogP contribution in [0.25, 0.3) is 22.2 Å². The smallest absolute Gasteiger partial charge is 0.336 e. The zero-order valence-electron chi connectivity index (χ0n) is 14.0. The van der Waals surface area contributed by atoms with Gasteiger partial charge in [0.15, 0.2) is 0 Å². The molecule has 0 aliphatic carbocycles. The Morgan fingerprint density at radius 2 is 1.88 bits per heavy atom. The number of benzene rings is 2. The average molecular weight is 321 g/mol. The van der Waals surface area contributed by atoms with Crippen LogP contribution in [-0.2, 0) is 0 Å². The van der Waals surface area contributed by atoms with Crippen LogP contribution in [0.1, 0.15) is 28.4 Å². The van der Waals surface area contributed by atoms with E-state index in [4.69, 9.17) is 9.72 Å². The maximum atomic E-state index is 11.8. The first-order valence-corrected chi connectivity index (χ1v) is 7.88. The SMILES string of the molecule is CCOc1cccc(-c2cc(C(=O)O)c3c(C)ccc(C)c3n2)c1. The van der Waals surface area contributed by atoms with E-state index in [-0.39, 0.29) is 5.56 Å². The van der Waals surface area contributed by atoms with Gasteiger partial charge in [-0.1, -0.05) is 24.3 Å². The van der Waals surface area contributed by atoms with Gasteiger partial charge >= 0.3 is 5.97 Å². The van der Waals surface area contributed by atoms with Crippen molar-refractivity contribution in [1.82, 2.24) is 4.98 Å². The Morgan fingerprint density at radius 3 is 2.58 bits per heavy atom. The second-order valence-corrected chi connectivity index (χ2v) is 5.74. The van der Waals surface area contributed by atoms with Gasteiger partial charge in [0.1, 0.15) is 5.75 Å². The van der Waals surface area contributed by atoms with Crippen molar-refractivity contribution in [2.24, 2.45) is 0 Å². The van der Waals surface area contributed by atoms with Crippen LogP contribution >= 0.6 is 0 Å². The van der Waals surface area contributed by atoms with Crippen molar-refractivity contribution in [3.63, 3.8) is 0 Å². The van der Waals surface area contributed by atoms with Crippen molar-refractivity contribution in [3.05, 3.63) is 59.2 Å². The number of carboxylic acid groups (broad SMARTS) is 1. The number of hydrogen-bond donors (Lipinski definition) is 1. The predicted molar refractivity (Wildman–Crippen MR) is 94.8 cm³/mol. The van der Waals surface area contributed by atoms with Crippen LogP contribution in [0.4, 0.5) is 0 Å². The molecule has 1 aromatic heterocycles. The van der Waals surface area contributed by atoms with E-state index in [1.807, 2.05) is 57.2 Å². The monoisotopic (exact) mass is 321 g/mol. The van der Waals surface area contributed by atoms with Crippen LogP contribution in [0.5, 0.6) is 5.75 Å². The van der Waals surface area contributed by atoms with Gasteiger partial charge in [0, 0.05) is 10.9 Å². The quantitative estimate of drug-likeness (QED) is 0.762. The molecule has 0 atom stereocenters. The molecule has 24 heavy (non-hydrogen) atoms. The topological polar surface area (TPSA) is 59.4 Å². The number of carbonyl (C=O) groups is 1. The van der Waals surface area contributed by atoms with E-state index in [0.29, 0.717) is 17.7 Å². The van der Waals surface area contributed by atoms with E-state index in [1.54, 1.807) is 6.07 Å². The molecule has 0 amide bonds. The third-order valence-corrected chi connectivity index (χ3v) is 4.04. The molecule has 0 bridgehead atoms. The molecule has 0 aliphatic rings. The van der Waals surface area contributed by atoms with Crippen molar-refractivity contribution < 1.29 is 14.6 Å². The molecule has 0 radical (unpaired) electrons. The minimum atomic E-state index is -0.946. The molecule has 122 valence electrons. The summed E-state index contributed by atoms with van der Waals surface area (Å²) in [6.07, 6.45) is 0. The highest BCUT2D eigenvalue weighted by Gasteiger charge is 2.16. The van der Waals surface area contributed by atoms with E-state index in [1.165, 1.54) is 0 Å². The van der Waals surface area contributed by atoms with Crippen LogP contribution in [-0.4, -0.2) is 22.7 Å². The molecule has 1 N–H and O–H groups in total. The molecule has 0 spiro atoms. The Balaban J connectivity index is 2.28. The van der Waals surface area contributed by atoms with Crippen LogP contribution in [0.3, 0.4) is 0 Å². The average Bonchev–Trinajstić information content (AvgIpc) is 2.58. The van der Waals surface area contributed by atoms with E-state index in [9.17, 15) is 9.90 Å². The zero-order chi connectivity index (χ0) is 17.3. The summed E-state index contributed by atoms with van der Waals surface area (Å²) in [5.41, 5.74) is 4.35. The number of carboxylic acids is 1. The van der Waals surface area contributed by atoms with Gasteiger partial charge in [0.2, 0.25) is 0 Å². The molecule has 0 aliphatic heterocycles. The Bertz CT molecular complexity index is 932. The van der Waals surface area contributed by atoms with Crippen molar-refractivity contribution in [2.75, 3.05) is 6.61 Å². The molecule has 4 heteroatoms. The fraction of sp³-hybridized carbons (Fsp3) is 0.200. The summed E-state index contributed by atoms with van der Waals surface area (Å²) in [7, 11) is 0. The number of hydrogen-bond acceptors (Lipinski definition) is 3. The second kappa shape index (κ2) is 6.32. The number of pyridine rings is 1. The Hall–Kier alpha value is -2.88. The van der Waals surface area contributed by atoms with Crippen molar-refractivity contribution in [2.45, 2.75) is 20.8 Å². The molecule has 0 unspecified atom stereocenters. The third kappa shape index (κ3) is 2.83. The molecular formula is C20H19NO3. The molecular weight excluding hydrogens is 302 g/mol. The normalized spacial score (nSPS) is 10.8. The Labute approximate surface area is 140 Å². The summed E-state index contributed by atoms with van der Waals surface area (Å²) < 4.78 is 5.53. The molecule has 0 saturated heterocycles. The molecule has 3 rings (SSSR count). The minimum absolute atomic E-state index is 0.276. The fourth-order valence-electron chi connectivity index (χ4n) is 2.87. The number of rotatable bonds is 4. The summed E-state index contributed by atoms with van der Waals surface area (Å²) in [5.74, 6) is -0.201. The molecule has 0 fully saturated rings. The lowest BCUT2D eigenvalue weighted by Gasteiger charge is -2.12. The maximum Gasteiger partial charge on any atom is 0.336 e. The lowest BCUT2D eigenvalue weighted by atomic mass is 9.98. The Kier molecular flexibility index (Phi) is 4.21. The second-order valence-electron chi connectivity index (χ2n) is 5.74. The fourth-order valence-corrected chi connectivity index (χ4v) is 2.87. The largest absolute Gasteiger partial charge is 0.494 e. The van der Waals surface area contributed by atoms with Gasteiger partial charge in [-0.15, -0.1) is 0 Å². The van der Waals surface area contributed by atoms with Gasteiger partial charge in [-0.05, 0) is 50.1 Å². The van der Waals surface area contributed by atoms with Gasteiger partial charge in [-0.2, -0.15) is 0 Å². The number of nitrogens with zero attached hydrogens (tertiary/aromatic N) is 1. The lowest BCUT2D eigenvalue weighted by molar-refractivity contribution is 0.0699. The van der Waals surface area contributed by atoms with Crippen LogP contribution in [0.2, 0.25) is 0 Å². The third-order valence-electron chi connectivity index (χ3n) is 4.04. The molecule has 4 nitrogen and oxygen atoms in total. The van der Waals surface area contributed by atoms with Crippen molar-refractivity contribution in [3.8, 4) is 17.0 Å². The summed E-state index contributed by atoms with van der Waals surface area (Å²) in [5, 5.41) is 10.4. The van der Waals surface area contributed by atoms with Crippen molar-refractivity contribution >= 4 is 16.9 Å². The minimum Gasteiger partial charge on any atom is -0.494 e. The van der Waals surface area contributed by atoms with Crippen LogP contribution in [0, 0.1) is 13.8 Å². The standard InChI is InChI=1S/C20H19NO3/c1-4-24-15-7-5-6-14(10-15)17-11-16(20(22)23)18-12(2)8-9-13(3)19(18)21-17/h5-11H,4H2,1-3H3,(H,22,23). The van der Waals surface area contributed by atoms with E-state index < -0.39 is 5.97 Å². The summed E-state index contributed by atoms with van der Waals surface area (Å²) >= 11 is 0. The number of aryl methyl sites for hydroxylation is 2. The number of fused-ring (bicyclic) bond motifs is 1. The van der Waals surface area contributed by atoms with E-state index in [2.05, 4.69) is 0 Å². The van der Waals surface area contributed by atoms with Gasteiger partial charge in [0.05, 0.1) is 23.4 Å². The highest BCUT2D eigenvalue weighted by atomic mass is 16.5. The zero-order valence-corrected chi connectivity index (χ0v) is 14.0. The van der Waals surface area contributed by atoms with E-state index in [0.717, 1.165) is 28.0 Å². The molecule has 0 saturated carbocycles. The maximum absolute atomic E-state index is 11.8. The number of aromatic nitrogens is 1.